The average molecular weight is 486 g/mol. The Hall–Kier alpha value is -2.47. The summed E-state index contributed by atoms with van der Waals surface area (Å²) in [5.41, 5.74) is 0.302. The van der Waals surface area contributed by atoms with E-state index in [1.54, 1.807) is 0 Å². The Morgan fingerprint density at radius 1 is 1.21 bits per heavy atom. The maximum atomic E-state index is 12.5. The zero-order valence-corrected chi connectivity index (χ0v) is 18.8. The van der Waals surface area contributed by atoms with Gasteiger partial charge in [-0.05, 0) is 62.1 Å². The predicted octanol–water partition coefficient (Wildman–Crippen LogP) is 3.09. The van der Waals surface area contributed by atoms with Gasteiger partial charge in [0.2, 0.25) is 5.82 Å². The molecule has 2 aliphatic heterocycles. The highest BCUT2D eigenvalue weighted by atomic mass is 32.1. The van der Waals surface area contributed by atoms with Crippen LogP contribution in [-0.4, -0.2) is 62.0 Å². The van der Waals surface area contributed by atoms with E-state index in [1.807, 2.05) is 11.3 Å². The minimum Gasteiger partial charge on any atom is -0.475 e. The van der Waals surface area contributed by atoms with Crippen LogP contribution in [0.1, 0.15) is 53.4 Å². The van der Waals surface area contributed by atoms with Gasteiger partial charge in [0.25, 0.3) is 5.91 Å². The fourth-order valence-corrected chi connectivity index (χ4v) is 5.09. The number of fused-ring (bicyclic) bond motifs is 1. The molecule has 0 atom stereocenters. The molecule has 180 valence electrons. The number of carbonyl (C=O) groups is 2. The highest BCUT2D eigenvalue weighted by molar-refractivity contribution is 7.09. The molecule has 5 rings (SSSR count). The molecule has 0 unspecified atom stereocenters. The number of carbonyl (C=O) groups excluding carboxylic acids is 1. The van der Waals surface area contributed by atoms with E-state index in [4.69, 9.17) is 9.90 Å². The van der Waals surface area contributed by atoms with Gasteiger partial charge in [-0.3, -0.25) is 9.69 Å². The van der Waals surface area contributed by atoms with Crippen molar-refractivity contribution in [1.82, 2.24) is 25.0 Å². The Bertz CT molecular complexity index is 980. The summed E-state index contributed by atoms with van der Waals surface area (Å²) in [4.78, 5) is 25.4. The second-order valence-corrected chi connectivity index (χ2v) is 9.96. The number of aryl methyl sites for hydroxylation is 1. The largest absolute Gasteiger partial charge is 0.490 e. The Kier molecular flexibility index (Phi) is 6.76. The summed E-state index contributed by atoms with van der Waals surface area (Å²) in [6.07, 6.45) is 1.60. The zero-order chi connectivity index (χ0) is 23.6. The smallest absolute Gasteiger partial charge is 0.475 e. The Balaban J connectivity index is 0.000000325. The van der Waals surface area contributed by atoms with E-state index in [9.17, 15) is 18.0 Å². The molecule has 0 bridgehead atoms. The lowest BCUT2D eigenvalue weighted by Crippen LogP contribution is -2.44. The van der Waals surface area contributed by atoms with Crippen LogP contribution in [0.3, 0.4) is 0 Å². The number of aliphatic carboxylic acids is 1. The molecule has 2 N–H and O–H groups in total. The van der Waals surface area contributed by atoms with Gasteiger partial charge in [0, 0.05) is 30.4 Å². The van der Waals surface area contributed by atoms with Crippen molar-refractivity contribution in [1.29, 1.82) is 0 Å². The summed E-state index contributed by atoms with van der Waals surface area (Å²) in [7, 11) is 0. The molecule has 0 radical (unpaired) electrons. The number of alkyl halides is 3. The van der Waals surface area contributed by atoms with Crippen LogP contribution in [0.5, 0.6) is 0 Å². The normalized spacial score (nSPS) is 20.0. The van der Waals surface area contributed by atoms with E-state index >= 15 is 0 Å². The maximum absolute atomic E-state index is 12.5. The van der Waals surface area contributed by atoms with Crippen LogP contribution in [0.25, 0.3) is 0 Å². The monoisotopic (exact) mass is 485 g/mol. The van der Waals surface area contributed by atoms with Crippen LogP contribution in [0, 0.1) is 5.41 Å². The number of thiophene rings is 1. The van der Waals surface area contributed by atoms with E-state index in [0.717, 1.165) is 51.3 Å². The van der Waals surface area contributed by atoms with Crippen molar-refractivity contribution in [2.24, 2.45) is 5.41 Å². The summed E-state index contributed by atoms with van der Waals surface area (Å²) in [5.74, 6) is -1.30. The molecule has 2 aromatic rings. The molecule has 3 aliphatic rings. The molecule has 1 spiro atoms. The highest BCUT2D eigenvalue weighted by Gasteiger charge is 2.40. The van der Waals surface area contributed by atoms with Gasteiger partial charge in [-0.2, -0.15) is 13.2 Å². The number of hydrogen-bond acceptors (Lipinski definition) is 6. The summed E-state index contributed by atoms with van der Waals surface area (Å²) >= 11 is 1.84. The van der Waals surface area contributed by atoms with Gasteiger partial charge in [-0.1, -0.05) is 6.07 Å². The molecular formula is C21H26F3N5O3S. The maximum Gasteiger partial charge on any atom is 0.490 e. The van der Waals surface area contributed by atoms with Gasteiger partial charge in [-0.25, -0.2) is 4.79 Å². The van der Waals surface area contributed by atoms with Gasteiger partial charge in [0.1, 0.15) is 5.82 Å². The molecule has 8 nitrogen and oxygen atoms in total. The lowest BCUT2D eigenvalue weighted by molar-refractivity contribution is -0.192. The average Bonchev–Trinajstić information content (AvgIpc) is 3.25. The molecular weight excluding hydrogens is 459 g/mol. The summed E-state index contributed by atoms with van der Waals surface area (Å²) in [6.45, 7) is 4.24. The first-order valence-electron chi connectivity index (χ1n) is 10.9. The molecule has 2 aromatic heterocycles. The number of piperidine rings is 1. The van der Waals surface area contributed by atoms with Crippen molar-refractivity contribution in [3.05, 3.63) is 34.0 Å². The second kappa shape index (κ2) is 9.41. The number of amides is 1. The third-order valence-electron chi connectivity index (χ3n) is 6.43. The number of halogens is 3. The van der Waals surface area contributed by atoms with Crippen LogP contribution in [0.2, 0.25) is 0 Å². The van der Waals surface area contributed by atoms with Crippen LogP contribution < -0.4 is 5.32 Å². The van der Waals surface area contributed by atoms with Crippen LogP contribution in [-0.2, 0) is 24.3 Å². The van der Waals surface area contributed by atoms with Crippen molar-refractivity contribution in [3.8, 4) is 0 Å². The third kappa shape index (κ3) is 5.91. The molecule has 12 heteroatoms. The third-order valence-corrected chi connectivity index (χ3v) is 7.30. The Morgan fingerprint density at radius 3 is 2.48 bits per heavy atom. The first kappa shape index (κ1) is 23.7. The second-order valence-electron chi connectivity index (χ2n) is 8.93. The van der Waals surface area contributed by atoms with E-state index in [2.05, 4.69) is 42.5 Å². The number of likely N-dealkylation sites (tertiary alicyclic amines) is 1. The van der Waals surface area contributed by atoms with Crippen molar-refractivity contribution in [3.63, 3.8) is 0 Å². The Morgan fingerprint density at radius 2 is 1.91 bits per heavy atom. The first-order chi connectivity index (χ1) is 15.7. The van der Waals surface area contributed by atoms with Crippen molar-refractivity contribution in [2.45, 2.75) is 63.8 Å². The summed E-state index contributed by atoms with van der Waals surface area (Å²) in [6, 6.07) is 4.71. The summed E-state index contributed by atoms with van der Waals surface area (Å²) < 4.78 is 33.8. The number of carboxylic acids is 1. The number of nitrogens with one attached hydrogen (secondary N) is 1. The number of carboxylic acid groups (broad SMARTS) is 1. The van der Waals surface area contributed by atoms with Gasteiger partial charge in [0.15, 0.2) is 0 Å². The van der Waals surface area contributed by atoms with Crippen LogP contribution in [0.4, 0.5) is 13.2 Å². The fraction of sp³-hybridized carbons (Fsp3) is 0.619. The van der Waals surface area contributed by atoms with Crippen molar-refractivity contribution in [2.75, 3.05) is 13.1 Å². The number of aromatic nitrogens is 3. The lowest BCUT2D eigenvalue weighted by Gasteiger charge is -2.44. The molecule has 33 heavy (non-hydrogen) atoms. The summed E-state index contributed by atoms with van der Waals surface area (Å²) in [5, 5.41) is 20.8. The first-order valence-corrected chi connectivity index (χ1v) is 11.8. The molecule has 1 aliphatic carbocycles. The van der Waals surface area contributed by atoms with Gasteiger partial charge in [0.05, 0.1) is 0 Å². The minimum absolute atomic E-state index is 0.0431. The van der Waals surface area contributed by atoms with Gasteiger partial charge < -0.3 is 15.0 Å². The number of hydrogen-bond donors (Lipinski definition) is 2. The molecule has 4 heterocycles. The SMILES string of the molecule is O=C(NC1CC1)c1nnc2n1CC1(CC2)CCN(Cc2cccs2)CC1.O=C(O)C(F)(F)F. The lowest BCUT2D eigenvalue weighted by atomic mass is 9.73. The molecule has 1 saturated carbocycles. The minimum atomic E-state index is -5.08. The van der Waals surface area contributed by atoms with Gasteiger partial charge >= 0.3 is 12.1 Å². The quantitative estimate of drug-likeness (QED) is 0.691. The van der Waals surface area contributed by atoms with Gasteiger partial charge in [-0.15, -0.1) is 21.5 Å². The molecule has 1 amide bonds. The topological polar surface area (TPSA) is 100 Å². The van der Waals surface area contributed by atoms with Crippen LogP contribution >= 0.6 is 11.3 Å². The standard InChI is InChI=1S/C19H25N5OS.C2HF3O2/c25-18(20-14-3-4-14)17-22-21-16-5-6-19(13-24(16)17)7-9-23(10-8-19)12-15-2-1-11-26-15;3-2(4,5)1(6)7/h1-2,11,14H,3-10,12-13H2,(H,20,25);(H,6,7). The Labute approximate surface area is 192 Å². The molecule has 1 saturated heterocycles. The zero-order valence-electron chi connectivity index (χ0n) is 18.0. The fourth-order valence-electron chi connectivity index (χ4n) is 4.34. The van der Waals surface area contributed by atoms with Crippen LogP contribution in [0.15, 0.2) is 17.5 Å². The molecule has 2 fully saturated rings. The van der Waals surface area contributed by atoms with E-state index in [1.165, 1.54) is 24.1 Å². The van der Waals surface area contributed by atoms with Crippen molar-refractivity contribution < 1.29 is 27.9 Å². The van der Waals surface area contributed by atoms with Crippen molar-refractivity contribution >= 4 is 23.2 Å². The predicted molar refractivity (Wildman–Crippen MR) is 114 cm³/mol. The van der Waals surface area contributed by atoms with E-state index < -0.39 is 12.1 Å². The van der Waals surface area contributed by atoms with E-state index in [0.29, 0.717) is 17.3 Å². The van der Waals surface area contributed by atoms with E-state index in [-0.39, 0.29) is 5.91 Å². The number of nitrogens with zero attached hydrogens (tertiary/aromatic N) is 4. The highest BCUT2D eigenvalue weighted by Crippen LogP contribution is 2.41. The molecule has 0 aromatic carbocycles. The number of rotatable bonds is 4.